The maximum absolute atomic E-state index is 13.6. The van der Waals surface area contributed by atoms with Crippen molar-refractivity contribution < 1.29 is 23.5 Å². The number of amides is 1. The summed E-state index contributed by atoms with van der Waals surface area (Å²) in [5, 5.41) is 0. The van der Waals surface area contributed by atoms with Gasteiger partial charge in [0.25, 0.3) is 5.91 Å². The quantitative estimate of drug-likeness (QED) is 0.630. The number of carbonyl (C=O) groups excluding carboxylic acids is 2. The van der Waals surface area contributed by atoms with Gasteiger partial charge >= 0.3 is 5.97 Å². The van der Waals surface area contributed by atoms with Gasteiger partial charge in [-0.15, -0.1) is 0 Å². The molecule has 3 aromatic rings. The molecule has 0 aliphatic heterocycles. The lowest BCUT2D eigenvalue weighted by Gasteiger charge is -2.05. The molecule has 6 nitrogen and oxygen atoms in total. The Hall–Kier alpha value is -3.00. The molecule has 2 aromatic carbocycles. The van der Waals surface area contributed by atoms with E-state index in [2.05, 4.69) is 9.73 Å². The van der Waals surface area contributed by atoms with Crippen LogP contribution < -0.4 is 9.54 Å². The van der Waals surface area contributed by atoms with Gasteiger partial charge in [-0.1, -0.05) is 23.5 Å². The maximum Gasteiger partial charge on any atom is 0.307 e. The van der Waals surface area contributed by atoms with E-state index in [9.17, 15) is 14.0 Å². The summed E-state index contributed by atoms with van der Waals surface area (Å²) >= 11 is 1.18. The van der Waals surface area contributed by atoms with E-state index in [0.29, 0.717) is 26.3 Å². The minimum absolute atomic E-state index is 0.107. The van der Waals surface area contributed by atoms with E-state index in [1.165, 1.54) is 37.7 Å². The number of hydrogen-bond acceptors (Lipinski definition) is 5. The summed E-state index contributed by atoms with van der Waals surface area (Å²) in [6, 6.07) is 11.1. The van der Waals surface area contributed by atoms with Gasteiger partial charge in [-0.25, -0.2) is 4.39 Å². The van der Waals surface area contributed by atoms with Crippen LogP contribution in [0.2, 0.25) is 0 Å². The first-order chi connectivity index (χ1) is 13.0. The fourth-order valence-electron chi connectivity index (χ4n) is 2.62. The third kappa shape index (κ3) is 4.06. The summed E-state index contributed by atoms with van der Waals surface area (Å²) < 4.78 is 25.8. The van der Waals surface area contributed by atoms with Gasteiger partial charge in [-0.05, 0) is 30.3 Å². The molecule has 1 aromatic heterocycles. The van der Waals surface area contributed by atoms with Gasteiger partial charge in [-0.3, -0.25) is 9.59 Å². The van der Waals surface area contributed by atoms with Gasteiger partial charge in [0.2, 0.25) is 0 Å². The van der Waals surface area contributed by atoms with Crippen LogP contribution in [0.4, 0.5) is 4.39 Å². The molecule has 0 radical (unpaired) electrons. The standard InChI is InChI=1S/C19H17FN2O4S/c1-25-15-6-4-3-5-13(15)18(24)21-19-22(10-9-17(23)26-2)14-8-7-12(20)11-16(14)27-19/h3-8,11H,9-10H2,1-2H3. The molecule has 0 fully saturated rings. The van der Waals surface area contributed by atoms with Crippen molar-refractivity contribution in [1.29, 1.82) is 0 Å². The van der Waals surface area contributed by atoms with E-state index < -0.39 is 5.91 Å². The Morgan fingerprint density at radius 2 is 1.96 bits per heavy atom. The van der Waals surface area contributed by atoms with E-state index in [1.54, 1.807) is 34.9 Å². The first-order valence-corrected chi connectivity index (χ1v) is 8.93. The topological polar surface area (TPSA) is 69.9 Å². The molecule has 8 heteroatoms. The van der Waals surface area contributed by atoms with Crippen LogP contribution >= 0.6 is 11.3 Å². The van der Waals surface area contributed by atoms with Gasteiger partial charge in [-0.2, -0.15) is 4.99 Å². The molecule has 0 bridgehead atoms. The summed E-state index contributed by atoms with van der Waals surface area (Å²) in [5.74, 6) is -0.830. The van der Waals surface area contributed by atoms with Crippen LogP contribution in [0.15, 0.2) is 47.5 Å². The van der Waals surface area contributed by atoms with Crippen molar-refractivity contribution in [2.45, 2.75) is 13.0 Å². The number of aryl methyl sites for hydroxylation is 1. The van der Waals surface area contributed by atoms with E-state index >= 15 is 0 Å². The molecule has 140 valence electrons. The number of thiazole rings is 1. The molecule has 0 atom stereocenters. The molecule has 0 saturated heterocycles. The zero-order valence-electron chi connectivity index (χ0n) is 14.8. The highest BCUT2D eigenvalue weighted by Crippen LogP contribution is 2.21. The molecule has 3 rings (SSSR count). The summed E-state index contributed by atoms with van der Waals surface area (Å²) in [5.41, 5.74) is 1.01. The maximum atomic E-state index is 13.6. The molecular weight excluding hydrogens is 371 g/mol. The van der Waals surface area contributed by atoms with E-state index in [1.807, 2.05) is 0 Å². The van der Waals surface area contributed by atoms with Crippen LogP contribution in [0.5, 0.6) is 5.75 Å². The van der Waals surface area contributed by atoms with Crippen LogP contribution in [0.25, 0.3) is 10.2 Å². The van der Waals surface area contributed by atoms with E-state index in [4.69, 9.17) is 4.74 Å². The lowest BCUT2D eigenvalue weighted by molar-refractivity contribution is -0.140. The average Bonchev–Trinajstić information content (AvgIpc) is 3.01. The Morgan fingerprint density at radius 3 is 2.70 bits per heavy atom. The molecule has 0 spiro atoms. The van der Waals surface area contributed by atoms with Gasteiger partial charge in [0.1, 0.15) is 11.6 Å². The van der Waals surface area contributed by atoms with Crippen LogP contribution in [0.3, 0.4) is 0 Å². The van der Waals surface area contributed by atoms with Crippen LogP contribution in [-0.4, -0.2) is 30.7 Å². The zero-order chi connectivity index (χ0) is 19.4. The van der Waals surface area contributed by atoms with Crippen molar-refractivity contribution >= 4 is 33.4 Å². The number of halogens is 1. The van der Waals surface area contributed by atoms with Crippen molar-refractivity contribution in [2.75, 3.05) is 14.2 Å². The molecular formula is C19H17FN2O4S. The number of hydrogen-bond donors (Lipinski definition) is 0. The monoisotopic (exact) mass is 388 g/mol. The fraction of sp³-hybridized carbons (Fsp3) is 0.211. The minimum atomic E-state index is -0.480. The third-order valence-corrected chi connectivity index (χ3v) is 4.99. The molecule has 0 unspecified atom stereocenters. The predicted molar refractivity (Wildman–Crippen MR) is 99.3 cm³/mol. The summed E-state index contributed by atoms with van der Waals surface area (Å²) in [6.07, 6.45) is 0.107. The number of ether oxygens (including phenoxy) is 2. The number of nitrogens with zero attached hydrogens (tertiary/aromatic N) is 2. The first kappa shape index (κ1) is 18.8. The summed E-state index contributed by atoms with van der Waals surface area (Å²) in [4.78, 5) is 28.8. The van der Waals surface area contributed by atoms with Crippen LogP contribution in [0.1, 0.15) is 16.8 Å². The Balaban J connectivity index is 2.10. The van der Waals surface area contributed by atoms with Crippen molar-refractivity contribution in [1.82, 2.24) is 4.57 Å². The second-order valence-electron chi connectivity index (χ2n) is 5.59. The summed E-state index contributed by atoms with van der Waals surface area (Å²) in [7, 11) is 2.79. The highest BCUT2D eigenvalue weighted by atomic mass is 32.1. The van der Waals surface area contributed by atoms with Gasteiger partial charge in [0.15, 0.2) is 4.80 Å². The van der Waals surface area contributed by atoms with E-state index in [0.717, 1.165) is 0 Å². The number of benzene rings is 2. The number of esters is 1. The highest BCUT2D eigenvalue weighted by Gasteiger charge is 2.14. The Morgan fingerprint density at radius 1 is 1.19 bits per heavy atom. The van der Waals surface area contributed by atoms with Crippen molar-refractivity contribution in [3.63, 3.8) is 0 Å². The van der Waals surface area contributed by atoms with Gasteiger partial charge in [0.05, 0.1) is 36.4 Å². The second-order valence-corrected chi connectivity index (χ2v) is 6.60. The summed E-state index contributed by atoms with van der Waals surface area (Å²) in [6.45, 7) is 0.260. The zero-order valence-corrected chi connectivity index (χ0v) is 15.6. The number of methoxy groups -OCH3 is 2. The van der Waals surface area contributed by atoms with Gasteiger partial charge in [0, 0.05) is 6.54 Å². The number of aromatic nitrogens is 1. The lowest BCUT2D eigenvalue weighted by atomic mass is 10.2. The number of carbonyl (C=O) groups is 2. The molecule has 1 heterocycles. The molecule has 27 heavy (non-hydrogen) atoms. The molecule has 0 N–H and O–H groups in total. The Bertz CT molecular complexity index is 1070. The predicted octanol–water partition coefficient (Wildman–Crippen LogP) is 3.15. The Kier molecular flexibility index (Phi) is 5.66. The largest absolute Gasteiger partial charge is 0.496 e. The minimum Gasteiger partial charge on any atom is -0.496 e. The SMILES string of the molecule is COC(=O)CCn1c(=NC(=O)c2ccccc2OC)sc2cc(F)ccc21. The first-order valence-electron chi connectivity index (χ1n) is 8.11. The number of rotatable bonds is 5. The number of para-hydroxylation sites is 1. The fourth-order valence-corrected chi connectivity index (χ4v) is 3.70. The third-order valence-electron chi connectivity index (χ3n) is 3.95. The Labute approximate surface area is 158 Å². The van der Waals surface area contributed by atoms with Crippen molar-refractivity contribution in [3.8, 4) is 5.75 Å². The average molecular weight is 388 g/mol. The number of fused-ring (bicyclic) bond motifs is 1. The van der Waals surface area contributed by atoms with Crippen LogP contribution in [0, 0.1) is 5.82 Å². The van der Waals surface area contributed by atoms with Crippen molar-refractivity contribution in [3.05, 3.63) is 58.6 Å². The molecule has 1 amide bonds. The molecule has 0 aliphatic rings. The molecule has 0 aliphatic carbocycles. The van der Waals surface area contributed by atoms with Crippen LogP contribution in [-0.2, 0) is 16.1 Å². The van der Waals surface area contributed by atoms with Crippen molar-refractivity contribution in [2.24, 2.45) is 4.99 Å². The van der Waals surface area contributed by atoms with Gasteiger partial charge < -0.3 is 14.0 Å². The normalized spacial score (nSPS) is 11.6. The second kappa shape index (κ2) is 8.13. The smallest absolute Gasteiger partial charge is 0.307 e. The van der Waals surface area contributed by atoms with E-state index in [-0.39, 0.29) is 24.8 Å². The molecule has 0 saturated carbocycles. The highest BCUT2D eigenvalue weighted by molar-refractivity contribution is 7.16. The lowest BCUT2D eigenvalue weighted by Crippen LogP contribution is -2.19.